The molecule has 0 radical (unpaired) electrons. The maximum absolute atomic E-state index is 11.0. The van der Waals surface area contributed by atoms with Gasteiger partial charge < -0.3 is 22.2 Å². The molecular formula is C15H22ClN3O3. The number of amides is 1. The molecule has 1 N–H and O–H groups in total. The van der Waals surface area contributed by atoms with Crippen molar-refractivity contribution in [2.24, 2.45) is 0 Å². The second-order valence-electron chi connectivity index (χ2n) is 5.59. The van der Waals surface area contributed by atoms with Gasteiger partial charge in [0, 0.05) is 30.7 Å². The molecule has 0 aromatic heterocycles. The fraction of sp³-hybridized carbons (Fsp3) is 0.400. The molecular weight excluding hydrogens is 306 g/mol. The molecule has 0 unspecified atom stereocenters. The van der Waals surface area contributed by atoms with E-state index >= 15 is 0 Å². The summed E-state index contributed by atoms with van der Waals surface area (Å²) in [5.74, 6) is -0.157. The summed E-state index contributed by atoms with van der Waals surface area (Å²) < 4.78 is 0.752. The second-order valence-corrected chi connectivity index (χ2v) is 5.59. The number of nitrogens with zero attached hydrogens (tertiary/aromatic N) is 2. The van der Waals surface area contributed by atoms with E-state index in [1.807, 2.05) is 0 Å². The maximum Gasteiger partial charge on any atom is 0.269 e. The van der Waals surface area contributed by atoms with Crippen LogP contribution in [-0.2, 0) is 11.3 Å². The van der Waals surface area contributed by atoms with Gasteiger partial charge in [0.25, 0.3) is 5.69 Å². The highest BCUT2D eigenvalue weighted by Crippen LogP contribution is 2.15. The second kappa shape index (κ2) is 9.17. The Labute approximate surface area is 137 Å². The molecule has 0 aliphatic rings. The molecule has 0 spiro atoms. The van der Waals surface area contributed by atoms with E-state index in [0.29, 0.717) is 6.54 Å². The SMILES string of the molecule is C=CC(=O)NCCC[N+](C)(C)Cc1ccc([N+](=O)[O-])cc1.[Cl-]. The lowest BCUT2D eigenvalue weighted by Crippen LogP contribution is -3.00. The summed E-state index contributed by atoms with van der Waals surface area (Å²) in [6, 6.07) is 6.63. The zero-order valence-electron chi connectivity index (χ0n) is 12.9. The third-order valence-corrected chi connectivity index (χ3v) is 3.18. The van der Waals surface area contributed by atoms with Gasteiger partial charge in [0.2, 0.25) is 5.91 Å². The van der Waals surface area contributed by atoms with Crippen LogP contribution in [0.1, 0.15) is 12.0 Å². The van der Waals surface area contributed by atoms with Crippen LogP contribution in [0.25, 0.3) is 0 Å². The minimum Gasteiger partial charge on any atom is -1.00 e. The van der Waals surface area contributed by atoms with Gasteiger partial charge in [-0.1, -0.05) is 6.58 Å². The van der Waals surface area contributed by atoms with Crippen LogP contribution < -0.4 is 17.7 Å². The lowest BCUT2D eigenvalue weighted by molar-refractivity contribution is -0.903. The molecule has 0 heterocycles. The Morgan fingerprint density at radius 3 is 2.45 bits per heavy atom. The molecule has 6 nitrogen and oxygen atoms in total. The van der Waals surface area contributed by atoms with Crippen molar-refractivity contribution in [1.82, 2.24) is 5.32 Å². The van der Waals surface area contributed by atoms with Gasteiger partial charge in [0.1, 0.15) is 6.54 Å². The van der Waals surface area contributed by atoms with Gasteiger partial charge in [-0.15, -0.1) is 0 Å². The average Bonchev–Trinajstić information content (AvgIpc) is 2.43. The molecule has 7 heteroatoms. The molecule has 1 aromatic rings. The van der Waals surface area contributed by atoms with Crippen molar-refractivity contribution >= 4 is 11.6 Å². The van der Waals surface area contributed by atoms with Gasteiger partial charge in [0.15, 0.2) is 0 Å². The van der Waals surface area contributed by atoms with Crippen LogP contribution in [0.3, 0.4) is 0 Å². The van der Waals surface area contributed by atoms with Gasteiger partial charge in [0.05, 0.1) is 25.6 Å². The van der Waals surface area contributed by atoms with Crippen LogP contribution >= 0.6 is 0 Å². The molecule has 122 valence electrons. The van der Waals surface area contributed by atoms with Crippen LogP contribution in [0.2, 0.25) is 0 Å². The summed E-state index contributed by atoms with van der Waals surface area (Å²) in [5.41, 5.74) is 1.16. The molecule has 0 saturated heterocycles. The van der Waals surface area contributed by atoms with Crippen LogP contribution in [0, 0.1) is 10.1 Å². The first kappa shape index (κ1) is 20.1. The van der Waals surface area contributed by atoms with Gasteiger partial charge in [-0.2, -0.15) is 0 Å². The monoisotopic (exact) mass is 327 g/mol. The Bertz CT molecular complexity index is 515. The van der Waals surface area contributed by atoms with Crippen molar-refractivity contribution in [3.05, 3.63) is 52.6 Å². The predicted molar refractivity (Wildman–Crippen MR) is 81.6 cm³/mol. The third kappa shape index (κ3) is 7.19. The number of hydrogen-bond donors (Lipinski definition) is 1. The number of hydrogen-bond acceptors (Lipinski definition) is 3. The average molecular weight is 328 g/mol. The number of nitro groups is 1. The normalized spacial score (nSPS) is 10.5. The topological polar surface area (TPSA) is 72.2 Å². The highest BCUT2D eigenvalue weighted by Gasteiger charge is 2.16. The third-order valence-electron chi connectivity index (χ3n) is 3.18. The van der Waals surface area contributed by atoms with Crippen molar-refractivity contribution < 1.29 is 26.6 Å². The minimum absolute atomic E-state index is 0. The molecule has 0 aliphatic carbocycles. The van der Waals surface area contributed by atoms with Crippen LogP contribution in [0.4, 0.5) is 5.69 Å². The van der Waals surface area contributed by atoms with Crippen LogP contribution in [-0.4, -0.2) is 42.5 Å². The zero-order valence-corrected chi connectivity index (χ0v) is 13.7. The lowest BCUT2D eigenvalue weighted by Gasteiger charge is -2.30. The maximum atomic E-state index is 11.0. The largest absolute Gasteiger partial charge is 1.00 e. The number of rotatable bonds is 8. The molecule has 22 heavy (non-hydrogen) atoms. The van der Waals surface area contributed by atoms with E-state index in [2.05, 4.69) is 26.0 Å². The van der Waals surface area contributed by atoms with Gasteiger partial charge in [-0.3, -0.25) is 14.9 Å². The van der Waals surface area contributed by atoms with Gasteiger partial charge in [-0.05, 0) is 18.2 Å². The van der Waals surface area contributed by atoms with Gasteiger partial charge >= 0.3 is 0 Å². The fourth-order valence-corrected chi connectivity index (χ4v) is 2.09. The number of carbonyl (C=O) groups is 1. The molecule has 1 aromatic carbocycles. The van der Waals surface area contributed by atoms with E-state index in [1.54, 1.807) is 12.1 Å². The number of nitrogens with one attached hydrogen (secondary N) is 1. The summed E-state index contributed by atoms with van der Waals surface area (Å²) in [4.78, 5) is 21.2. The molecule has 1 rings (SSSR count). The molecule has 0 saturated carbocycles. The van der Waals surface area contributed by atoms with E-state index < -0.39 is 4.92 Å². The number of carbonyl (C=O) groups excluding carboxylic acids is 1. The molecule has 0 bridgehead atoms. The number of benzene rings is 1. The Hall–Kier alpha value is -1.92. The van der Waals surface area contributed by atoms with Crippen molar-refractivity contribution in [3.8, 4) is 0 Å². The first-order valence-electron chi connectivity index (χ1n) is 6.80. The van der Waals surface area contributed by atoms with Crippen LogP contribution in [0.5, 0.6) is 0 Å². The molecule has 1 amide bonds. The summed E-state index contributed by atoms with van der Waals surface area (Å²) in [6.45, 7) is 5.70. The van der Waals surface area contributed by atoms with E-state index in [1.165, 1.54) is 18.2 Å². The van der Waals surface area contributed by atoms with E-state index in [0.717, 1.165) is 29.6 Å². The number of nitro benzene ring substituents is 1. The quantitative estimate of drug-likeness (QED) is 0.216. The first-order valence-corrected chi connectivity index (χ1v) is 6.80. The summed E-state index contributed by atoms with van der Waals surface area (Å²) in [7, 11) is 4.19. The first-order chi connectivity index (χ1) is 9.84. The Kier molecular flexibility index (Phi) is 8.37. The van der Waals surface area contributed by atoms with E-state index in [-0.39, 0.29) is 24.0 Å². The Morgan fingerprint density at radius 2 is 1.95 bits per heavy atom. The van der Waals surface area contributed by atoms with Crippen molar-refractivity contribution in [2.75, 3.05) is 27.2 Å². The minimum atomic E-state index is -0.397. The number of non-ortho nitro benzene ring substituents is 1. The fourth-order valence-electron chi connectivity index (χ4n) is 2.09. The Morgan fingerprint density at radius 1 is 1.36 bits per heavy atom. The van der Waals surface area contributed by atoms with Crippen LogP contribution in [0.15, 0.2) is 36.9 Å². The summed E-state index contributed by atoms with van der Waals surface area (Å²) in [5, 5.41) is 13.4. The molecule has 0 fully saturated rings. The number of halogens is 1. The standard InChI is InChI=1S/C15H21N3O3.ClH/c1-4-15(19)16-10-5-11-18(2,3)12-13-6-8-14(9-7-13)17(20)21;/h4,6-9H,1,5,10-12H2,2-3H3;1H. The van der Waals surface area contributed by atoms with E-state index in [9.17, 15) is 14.9 Å². The Balaban J connectivity index is 0.00000441. The van der Waals surface area contributed by atoms with Crippen molar-refractivity contribution in [1.29, 1.82) is 0 Å². The van der Waals surface area contributed by atoms with Crippen molar-refractivity contribution in [2.45, 2.75) is 13.0 Å². The van der Waals surface area contributed by atoms with Gasteiger partial charge in [-0.25, -0.2) is 0 Å². The smallest absolute Gasteiger partial charge is 0.269 e. The highest BCUT2D eigenvalue weighted by atomic mass is 35.5. The lowest BCUT2D eigenvalue weighted by atomic mass is 10.1. The zero-order chi connectivity index (χ0) is 15.9. The summed E-state index contributed by atoms with van der Waals surface area (Å²) in [6.07, 6.45) is 2.12. The predicted octanol–water partition coefficient (Wildman–Crippen LogP) is -1.13. The number of quaternary nitrogens is 1. The highest BCUT2D eigenvalue weighted by molar-refractivity contribution is 5.86. The van der Waals surface area contributed by atoms with E-state index in [4.69, 9.17) is 0 Å². The van der Waals surface area contributed by atoms with Crippen molar-refractivity contribution in [3.63, 3.8) is 0 Å². The summed E-state index contributed by atoms with van der Waals surface area (Å²) >= 11 is 0. The molecule has 0 aliphatic heterocycles. The molecule has 0 atom stereocenters.